The maximum atomic E-state index is 12.1. The number of hydrogen-bond donors (Lipinski definition) is 1. The molecule has 1 heterocycles. The van der Waals surface area contributed by atoms with E-state index in [1.807, 2.05) is 0 Å². The minimum absolute atomic E-state index is 0.237. The number of benzene rings is 1. The van der Waals surface area contributed by atoms with Crippen molar-refractivity contribution in [3.63, 3.8) is 0 Å². The molecule has 0 amide bonds. The average Bonchev–Trinajstić information content (AvgIpc) is 2.47. The molecule has 0 spiro atoms. The van der Waals surface area contributed by atoms with Crippen molar-refractivity contribution in [2.45, 2.75) is 6.42 Å². The van der Waals surface area contributed by atoms with E-state index in [1.54, 1.807) is 6.07 Å². The number of nitrogens with one attached hydrogen (secondary N) is 1. The third-order valence-electron chi connectivity index (χ3n) is 2.77. The highest BCUT2D eigenvalue weighted by Crippen LogP contribution is 2.28. The summed E-state index contributed by atoms with van der Waals surface area (Å²) in [5.41, 5.74) is -0.477. The van der Waals surface area contributed by atoms with Gasteiger partial charge >= 0.3 is 5.70 Å². The second-order valence-electron chi connectivity index (χ2n) is 4.35. The van der Waals surface area contributed by atoms with E-state index in [2.05, 4.69) is 5.32 Å². The van der Waals surface area contributed by atoms with Crippen LogP contribution in [0.2, 0.25) is 10.0 Å². The molecule has 2 rings (SSSR count). The number of ether oxygens (including phenoxy) is 1. The Labute approximate surface area is 140 Å². The first kappa shape index (κ1) is 16.9. The van der Waals surface area contributed by atoms with Gasteiger partial charge in [0.25, 0.3) is 5.78 Å². The number of carbonyl (C=O) groups excluding carboxylic acids is 1. The van der Waals surface area contributed by atoms with E-state index in [0.717, 1.165) is 12.2 Å². The predicted octanol–water partition coefficient (Wildman–Crippen LogP) is 3.11. The summed E-state index contributed by atoms with van der Waals surface area (Å²) < 4.78 is 5.26. The summed E-state index contributed by atoms with van der Waals surface area (Å²) in [4.78, 5) is 22.5. The second kappa shape index (κ2) is 7.71. The lowest BCUT2D eigenvalue weighted by atomic mass is 10.3. The topological polar surface area (TPSA) is 81.5 Å². The first-order valence-electron chi connectivity index (χ1n) is 6.35. The summed E-state index contributed by atoms with van der Waals surface area (Å²) in [6.07, 6.45) is 0.893. The Bertz CT molecular complexity index is 628. The van der Waals surface area contributed by atoms with E-state index in [9.17, 15) is 14.9 Å². The third kappa shape index (κ3) is 4.28. The molecular weight excluding hydrogens is 351 g/mol. The molecule has 0 saturated carbocycles. The number of Topliss-reactive ketones (excluding diaryl/α,β-unsaturated/α-hetero) is 1. The molecule has 1 aromatic carbocycles. The lowest BCUT2D eigenvalue weighted by Gasteiger charge is -2.15. The monoisotopic (exact) mass is 362 g/mol. The highest BCUT2D eigenvalue weighted by molar-refractivity contribution is 8.03. The Hall–Kier alpha value is -1.44. The molecule has 1 aromatic rings. The van der Waals surface area contributed by atoms with Crippen molar-refractivity contribution < 1.29 is 14.5 Å². The molecule has 1 saturated heterocycles. The number of thioether (sulfide) groups is 1. The van der Waals surface area contributed by atoms with Crippen molar-refractivity contribution in [1.29, 1.82) is 0 Å². The molecule has 1 N–H and O–H groups in total. The number of nitro groups is 1. The lowest BCUT2D eigenvalue weighted by molar-refractivity contribution is -0.419. The van der Waals surface area contributed by atoms with Crippen LogP contribution >= 0.6 is 35.0 Å². The van der Waals surface area contributed by atoms with E-state index >= 15 is 0 Å². The van der Waals surface area contributed by atoms with Crippen LogP contribution in [0.4, 0.5) is 0 Å². The zero-order valence-corrected chi connectivity index (χ0v) is 13.6. The molecular formula is C13H12Cl2N2O4S. The Morgan fingerprint density at radius 3 is 2.82 bits per heavy atom. The van der Waals surface area contributed by atoms with Crippen LogP contribution in [0.1, 0.15) is 6.42 Å². The summed E-state index contributed by atoms with van der Waals surface area (Å²) >= 11 is 12.9. The van der Waals surface area contributed by atoms with Gasteiger partial charge in [-0.15, -0.1) is 11.8 Å². The summed E-state index contributed by atoms with van der Waals surface area (Å²) in [5.74, 6) is 0.265. The molecule has 6 nitrogen and oxygen atoms in total. The number of hydrogen-bond acceptors (Lipinski definition) is 6. The van der Waals surface area contributed by atoms with Crippen molar-refractivity contribution in [3.8, 4) is 5.75 Å². The van der Waals surface area contributed by atoms with Gasteiger partial charge in [-0.3, -0.25) is 14.9 Å². The van der Waals surface area contributed by atoms with Gasteiger partial charge in [0.1, 0.15) is 5.75 Å². The van der Waals surface area contributed by atoms with Crippen LogP contribution in [-0.2, 0) is 4.79 Å². The Kier molecular flexibility index (Phi) is 5.93. The maximum absolute atomic E-state index is 12.1. The number of rotatable bonds is 5. The van der Waals surface area contributed by atoms with E-state index in [1.165, 1.54) is 23.9 Å². The van der Waals surface area contributed by atoms with Crippen molar-refractivity contribution in [2.24, 2.45) is 0 Å². The zero-order chi connectivity index (χ0) is 16.1. The Morgan fingerprint density at radius 1 is 1.45 bits per heavy atom. The van der Waals surface area contributed by atoms with Gasteiger partial charge in [-0.1, -0.05) is 23.2 Å². The number of ketones is 1. The molecule has 0 bridgehead atoms. The first-order chi connectivity index (χ1) is 10.5. The summed E-state index contributed by atoms with van der Waals surface area (Å²) in [6, 6.07) is 4.53. The Morgan fingerprint density at radius 2 is 2.23 bits per heavy atom. The molecule has 0 aliphatic carbocycles. The van der Waals surface area contributed by atoms with E-state index in [-0.39, 0.29) is 15.8 Å². The number of carbonyl (C=O) groups is 1. The average molecular weight is 363 g/mol. The zero-order valence-electron chi connectivity index (χ0n) is 11.3. The maximum Gasteiger partial charge on any atom is 0.345 e. The fourth-order valence-electron chi connectivity index (χ4n) is 1.77. The van der Waals surface area contributed by atoms with Gasteiger partial charge in [-0.25, -0.2) is 0 Å². The molecule has 9 heteroatoms. The standard InChI is InChI=1S/C13H12Cl2N2O4S/c14-8-2-3-11(9(15)6-8)21-7-10(18)12(17(19)20)13-16-4-1-5-22-13/h2-3,6,16H,1,4-5,7H2/b13-12+. The van der Waals surface area contributed by atoms with Crippen molar-refractivity contribution in [2.75, 3.05) is 18.9 Å². The van der Waals surface area contributed by atoms with Crippen LogP contribution in [0, 0.1) is 10.1 Å². The van der Waals surface area contributed by atoms with Crippen LogP contribution in [0.3, 0.4) is 0 Å². The van der Waals surface area contributed by atoms with E-state index < -0.39 is 23.0 Å². The minimum atomic E-state index is -0.715. The second-order valence-corrected chi connectivity index (χ2v) is 6.30. The molecule has 1 aliphatic heterocycles. The largest absolute Gasteiger partial charge is 0.484 e. The molecule has 1 aliphatic rings. The lowest BCUT2D eigenvalue weighted by Crippen LogP contribution is -2.27. The van der Waals surface area contributed by atoms with Gasteiger partial charge in [0, 0.05) is 17.3 Å². The summed E-state index contributed by atoms with van der Waals surface area (Å²) in [7, 11) is 0. The van der Waals surface area contributed by atoms with E-state index in [0.29, 0.717) is 11.6 Å². The first-order valence-corrected chi connectivity index (χ1v) is 8.09. The minimum Gasteiger partial charge on any atom is -0.484 e. The summed E-state index contributed by atoms with van der Waals surface area (Å²) in [6.45, 7) is 0.139. The molecule has 1 fully saturated rings. The molecule has 118 valence electrons. The van der Waals surface area contributed by atoms with Gasteiger partial charge in [-0.05, 0) is 24.6 Å². The van der Waals surface area contributed by atoms with Crippen molar-refractivity contribution in [1.82, 2.24) is 5.32 Å². The van der Waals surface area contributed by atoms with Crippen LogP contribution in [0.15, 0.2) is 28.9 Å². The number of halogens is 2. The van der Waals surface area contributed by atoms with Gasteiger partial charge < -0.3 is 10.1 Å². The quantitative estimate of drug-likeness (QED) is 0.492. The highest BCUT2D eigenvalue weighted by Gasteiger charge is 2.29. The van der Waals surface area contributed by atoms with Gasteiger partial charge in [0.05, 0.1) is 9.95 Å². The smallest absolute Gasteiger partial charge is 0.345 e. The fraction of sp³-hybridized carbons (Fsp3) is 0.308. The third-order valence-corrected chi connectivity index (χ3v) is 4.42. The number of nitrogens with zero attached hydrogens (tertiary/aromatic N) is 1. The highest BCUT2D eigenvalue weighted by atomic mass is 35.5. The molecule has 0 unspecified atom stereocenters. The Balaban J connectivity index is 2.10. The van der Waals surface area contributed by atoms with Crippen LogP contribution in [0.5, 0.6) is 5.75 Å². The molecule has 22 heavy (non-hydrogen) atoms. The van der Waals surface area contributed by atoms with Crippen LogP contribution in [0.25, 0.3) is 0 Å². The van der Waals surface area contributed by atoms with Crippen molar-refractivity contribution >= 4 is 40.7 Å². The van der Waals surface area contributed by atoms with Gasteiger partial charge in [-0.2, -0.15) is 0 Å². The van der Waals surface area contributed by atoms with Gasteiger partial charge in [0.15, 0.2) is 11.6 Å². The fourth-order valence-corrected chi connectivity index (χ4v) is 3.25. The van der Waals surface area contributed by atoms with Gasteiger partial charge in [0.2, 0.25) is 0 Å². The van der Waals surface area contributed by atoms with Crippen LogP contribution < -0.4 is 10.1 Å². The molecule has 0 radical (unpaired) electrons. The SMILES string of the molecule is O=C(COc1ccc(Cl)cc1Cl)/C(=C1/NCCCS1)[N+](=O)[O-]. The predicted molar refractivity (Wildman–Crippen MR) is 86.1 cm³/mol. The molecule has 0 atom stereocenters. The molecule has 0 aromatic heterocycles. The van der Waals surface area contributed by atoms with Crippen LogP contribution in [-0.4, -0.2) is 29.6 Å². The summed E-state index contributed by atoms with van der Waals surface area (Å²) in [5, 5.41) is 15.0. The normalized spacial score (nSPS) is 16.6. The van der Waals surface area contributed by atoms with E-state index in [4.69, 9.17) is 27.9 Å². The van der Waals surface area contributed by atoms with Crippen molar-refractivity contribution in [3.05, 3.63) is 49.1 Å².